The van der Waals surface area contributed by atoms with Gasteiger partial charge in [-0.05, 0) is 73.2 Å². The number of hydrogen-bond acceptors (Lipinski definition) is 4. The first-order valence-corrected chi connectivity index (χ1v) is 12.7. The summed E-state index contributed by atoms with van der Waals surface area (Å²) in [5, 5.41) is 9.60. The number of alkyl halides is 3. The normalized spacial score (nSPS) is 14.6. The molecular formula is C29H17ClF5N5O2. The van der Waals surface area contributed by atoms with Crippen molar-refractivity contribution >= 4 is 34.7 Å². The topological polar surface area (TPSA) is 88.4 Å². The molecule has 2 N–H and O–H groups in total. The Kier molecular flexibility index (Phi) is 6.45. The third kappa shape index (κ3) is 4.73. The number of rotatable bonds is 4. The zero-order chi connectivity index (χ0) is 29.9. The first kappa shape index (κ1) is 27.3. The minimum Gasteiger partial charge on any atom is -0.341 e. The quantitative estimate of drug-likeness (QED) is 0.225. The summed E-state index contributed by atoms with van der Waals surface area (Å²) in [7, 11) is 0. The average Bonchev–Trinajstić information content (AvgIpc) is 3.55. The molecule has 0 radical (unpaired) electrons. The number of carbonyl (C=O) groups is 2. The minimum absolute atomic E-state index is 0.0204. The summed E-state index contributed by atoms with van der Waals surface area (Å²) < 4.78 is 69.9. The zero-order valence-corrected chi connectivity index (χ0v) is 22.1. The third-order valence-electron chi connectivity index (χ3n) is 6.98. The van der Waals surface area contributed by atoms with Crippen LogP contribution in [0.25, 0.3) is 16.8 Å². The molecule has 0 unspecified atom stereocenters. The van der Waals surface area contributed by atoms with E-state index in [9.17, 15) is 31.5 Å². The zero-order valence-electron chi connectivity index (χ0n) is 21.4. The number of halogens is 6. The number of hydrogen-bond donors (Lipinski definition) is 2. The van der Waals surface area contributed by atoms with Gasteiger partial charge in [0.25, 0.3) is 11.8 Å². The van der Waals surface area contributed by atoms with Crippen LogP contribution in [0.3, 0.4) is 0 Å². The van der Waals surface area contributed by atoms with Gasteiger partial charge in [-0.3, -0.25) is 9.59 Å². The monoisotopic (exact) mass is 597 g/mol. The molecule has 3 aromatic carbocycles. The van der Waals surface area contributed by atoms with Crippen LogP contribution in [0, 0.1) is 18.6 Å². The molecule has 2 aromatic heterocycles. The van der Waals surface area contributed by atoms with Crippen LogP contribution in [-0.2, 0) is 6.18 Å². The van der Waals surface area contributed by atoms with E-state index in [4.69, 9.17) is 11.6 Å². The van der Waals surface area contributed by atoms with Crippen molar-refractivity contribution in [3.05, 3.63) is 117 Å². The number of nitrogens with zero attached hydrogens (tertiary/aromatic N) is 3. The van der Waals surface area contributed by atoms with Gasteiger partial charge >= 0.3 is 6.18 Å². The van der Waals surface area contributed by atoms with Crippen LogP contribution >= 0.6 is 11.6 Å². The van der Waals surface area contributed by atoms with Gasteiger partial charge in [0.1, 0.15) is 18.0 Å². The van der Waals surface area contributed by atoms with Crippen molar-refractivity contribution in [2.24, 2.45) is 0 Å². The fourth-order valence-corrected chi connectivity index (χ4v) is 5.29. The van der Waals surface area contributed by atoms with E-state index >= 15 is 0 Å². The molecule has 2 amide bonds. The summed E-state index contributed by atoms with van der Waals surface area (Å²) in [4.78, 5) is 30.7. The van der Waals surface area contributed by atoms with Gasteiger partial charge < -0.3 is 10.6 Å². The van der Waals surface area contributed by atoms with Crippen LogP contribution in [0.15, 0.2) is 67.0 Å². The molecule has 13 heteroatoms. The lowest BCUT2D eigenvalue weighted by molar-refractivity contribution is -0.137. The van der Waals surface area contributed by atoms with Crippen LogP contribution in [0.5, 0.6) is 0 Å². The van der Waals surface area contributed by atoms with Crippen molar-refractivity contribution in [3.63, 3.8) is 0 Å². The lowest BCUT2D eigenvalue weighted by Crippen LogP contribution is -2.21. The number of aryl methyl sites for hydroxylation is 1. The molecule has 7 nitrogen and oxygen atoms in total. The molecule has 1 atom stereocenters. The Balaban J connectivity index is 1.53. The first-order valence-electron chi connectivity index (χ1n) is 12.3. The number of nitrogens with one attached hydrogen (secondary N) is 2. The lowest BCUT2D eigenvalue weighted by Gasteiger charge is -2.19. The van der Waals surface area contributed by atoms with Gasteiger partial charge in [0, 0.05) is 44.2 Å². The Hall–Kier alpha value is -4.84. The van der Waals surface area contributed by atoms with Gasteiger partial charge in [0.2, 0.25) is 0 Å². The molecule has 0 saturated carbocycles. The van der Waals surface area contributed by atoms with Crippen molar-refractivity contribution in [3.8, 4) is 11.1 Å². The molecule has 0 saturated heterocycles. The van der Waals surface area contributed by atoms with E-state index in [1.54, 1.807) is 29.6 Å². The Morgan fingerprint density at radius 3 is 2.55 bits per heavy atom. The maximum atomic E-state index is 14.2. The van der Waals surface area contributed by atoms with E-state index in [1.165, 1.54) is 18.5 Å². The lowest BCUT2D eigenvalue weighted by atomic mass is 9.92. The first-order chi connectivity index (χ1) is 19.9. The summed E-state index contributed by atoms with van der Waals surface area (Å²) in [5.74, 6) is -3.51. The molecule has 0 spiro atoms. The van der Waals surface area contributed by atoms with Crippen molar-refractivity contribution in [1.82, 2.24) is 19.9 Å². The van der Waals surface area contributed by atoms with E-state index in [0.29, 0.717) is 34.6 Å². The maximum absolute atomic E-state index is 14.2. The van der Waals surface area contributed by atoms with Crippen LogP contribution in [0.4, 0.5) is 27.6 Å². The smallest absolute Gasteiger partial charge is 0.341 e. The SMILES string of the molecule is Cc1c(-c2cc(NC(=O)c3cc(F)cc(C(F)(F)F)c3)c3c(c2)C(=O)N[C@H]3c2cc(F)ccc2Cl)ccc2ncnn12. The van der Waals surface area contributed by atoms with Crippen LogP contribution in [0.2, 0.25) is 5.02 Å². The molecule has 0 aliphatic carbocycles. The molecule has 212 valence electrons. The van der Waals surface area contributed by atoms with Crippen molar-refractivity contribution < 1.29 is 31.5 Å². The highest BCUT2D eigenvalue weighted by molar-refractivity contribution is 6.31. The second-order valence-corrected chi connectivity index (χ2v) is 10.0. The number of pyridine rings is 1. The Morgan fingerprint density at radius 2 is 1.79 bits per heavy atom. The predicted octanol–water partition coefficient (Wildman–Crippen LogP) is 6.74. The standard InChI is InChI=1S/C29H17ClF5N5O2/c1-13-19(3-5-24-36-12-37-40(13)24)14-8-21-25(26(39-28(21)42)20-11-17(31)2-4-22(20)30)23(9-14)38-27(41)15-6-16(29(33,34)35)10-18(32)7-15/h2-12,26H,1H3,(H,38,41)(H,39,42)/t26-/m0/s1. The van der Waals surface area contributed by atoms with Crippen molar-refractivity contribution in [1.29, 1.82) is 0 Å². The maximum Gasteiger partial charge on any atom is 0.416 e. The summed E-state index contributed by atoms with van der Waals surface area (Å²) >= 11 is 6.35. The van der Waals surface area contributed by atoms with E-state index in [-0.39, 0.29) is 33.5 Å². The number of carbonyl (C=O) groups excluding carboxylic acids is 2. The molecule has 3 heterocycles. The Morgan fingerprint density at radius 1 is 1.00 bits per heavy atom. The van der Waals surface area contributed by atoms with Crippen molar-refractivity contribution in [2.45, 2.75) is 19.1 Å². The highest BCUT2D eigenvalue weighted by Crippen LogP contribution is 2.42. The Bertz CT molecular complexity index is 1940. The van der Waals surface area contributed by atoms with E-state index in [1.807, 2.05) is 0 Å². The summed E-state index contributed by atoms with van der Waals surface area (Å²) in [6, 6.07) is 10.6. The van der Waals surface area contributed by atoms with Crippen LogP contribution in [-0.4, -0.2) is 26.4 Å². The second-order valence-electron chi connectivity index (χ2n) is 9.60. The minimum atomic E-state index is -4.90. The van der Waals surface area contributed by atoms with E-state index in [2.05, 4.69) is 20.7 Å². The molecular weight excluding hydrogens is 581 g/mol. The van der Waals surface area contributed by atoms with Gasteiger partial charge in [-0.15, -0.1) is 0 Å². The van der Waals surface area contributed by atoms with Crippen LogP contribution < -0.4 is 10.6 Å². The summed E-state index contributed by atoms with van der Waals surface area (Å²) in [5.41, 5.74) is 0.861. The number of benzene rings is 3. The fraction of sp³-hybridized carbons (Fsp3) is 0.103. The highest BCUT2D eigenvalue weighted by Gasteiger charge is 2.36. The second kappa shape index (κ2) is 9.91. The van der Waals surface area contributed by atoms with Gasteiger partial charge in [0.05, 0.1) is 11.6 Å². The van der Waals surface area contributed by atoms with Gasteiger partial charge in [-0.2, -0.15) is 18.3 Å². The summed E-state index contributed by atoms with van der Waals surface area (Å²) in [6.45, 7) is 1.77. The highest BCUT2D eigenvalue weighted by atomic mass is 35.5. The average molecular weight is 598 g/mol. The molecule has 0 bridgehead atoms. The number of anilines is 1. The van der Waals surface area contributed by atoms with Gasteiger partial charge in [-0.1, -0.05) is 11.6 Å². The van der Waals surface area contributed by atoms with Crippen LogP contribution in [0.1, 0.15) is 49.1 Å². The molecule has 1 aliphatic heterocycles. The third-order valence-corrected chi connectivity index (χ3v) is 7.33. The molecule has 1 aliphatic rings. The number of amides is 2. The Labute approximate surface area is 239 Å². The van der Waals surface area contributed by atoms with Gasteiger partial charge in [0.15, 0.2) is 5.65 Å². The van der Waals surface area contributed by atoms with E-state index in [0.717, 1.165) is 12.1 Å². The predicted molar refractivity (Wildman–Crippen MR) is 143 cm³/mol. The summed E-state index contributed by atoms with van der Waals surface area (Å²) in [6.07, 6.45) is -3.53. The largest absolute Gasteiger partial charge is 0.416 e. The molecule has 0 fully saturated rings. The van der Waals surface area contributed by atoms with Crippen molar-refractivity contribution in [2.75, 3.05) is 5.32 Å². The molecule has 42 heavy (non-hydrogen) atoms. The van der Waals surface area contributed by atoms with E-state index < -0.39 is 46.8 Å². The molecule has 5 aromatic rings. The number of aromatic nitrogens is 3. The molecule has 6 rings (SSSR count). The van der Waals surface area contributed by atoms with Gasteiger partial charge in [-0.25, -0.2) is 18.3 Å². The fourth-order valence-electron chi connectivity index (χ4n) is 5.06. The number of fused-ring (bicyclic) bond motifs is 2.